The second-order valence-electron chi connectivity index (χ2n) is 5.79. The first-order valence-corrected chi connectivity index (χ1v) is 8.25. The number of ketones is 1. The third-order valence-electron chi connectivity index (χ3n) is 3.90. The largest absolute Gasteiger partial charge is 0.326 e. The quantitative estimate of drug-likeness (QED) is 0.753. The molecule has 0 heterocycles. The zero-order chi connectivity index (χ0) is 17.4. The van der Waals surface area contributed by atoms with Crippen molar-refractivity contribution in [3.63, 3.8) is 0 Å². The van der Waals surface area contributed by atoms with Crippen LogP contribution in [0, 0.1) is 0 Å². The molecule has 2 aromatic rings. The summed E-state index contributed by atoms with van der Waals surface area (Å²) in [6.07, 6.45) is 0.422. The Morgan fingerprint density at radius 3 is 2.46 bits per heavy atom. The van der Waals surface area contributed by atoms with Crippen molar-refractivity contribution in [3.8, 4) is 0 Å². The van der Waals surface area contributed by atoms with E-state index in [2.05, 4.69) is 29.3 Å². The Balaban J connectivity index is 1.85. The van der Waals surface area contributed by atoms with Crippen molar-refractivity contribution >= 4 is 17.4 Å². The van der Waals surface area contributed by atoms with Crippen LogP contribution in [-0.4, -0.2) is 29.7 Å². The van der Waals surface area contributed by atoms with Crippen molar-refractivity contribution in [2.45, 2.75) is 26.8 Å². The average Bonchev–Trinajstić information content (AvgIpc) is 2.59. The highest BCUT2D eigenvalue weighted by molar-refractivity contribution is 5.97. The van der Waals surface area contributed by atoms with Gasteiger partial charge >= 0.3 is 0 Å². The SMILES string of the molecule is CCN(CCC(=O)Nc1cccc(C(C)=O)c1)Cc1ccccc1. The monoisotopic (exact) mass is 324 g/mol. The molecule has 4 nitrogen and oxygen atoms in total. The van der Waals surface area contributed by atoms with Gasteiger partial charge in [-0.3, -0.25) is 14.5 Å². The Labute approximate surface area is 143 Å². The molecule has 24 heavy (non-hydrogen) atoms. The molecule has 0 unspecified atom stereocenters. The van der Waals surface area contributed by atoms with Crippen LogP contribution in [0.25, 0.3) is 0 Å². The molecule has 126 valence electrons. The van der Waals surface area contributed by atoms with Crippen molar-refractivity contribution in [3.05, 3.63) is 65.7 Å². The number of nitrogens with one attached hydrogen (secondary N) is 1. The molecule has 0 radical (unpaired) electrons. The average molecular weight is 324 g/mol. The number of hydrogen-bond acceptors (Lipinski definition) is 3. The zero-order valence-corrected chi connectivity index (χ0v) is 14.3. The molecule has 0 fully saturated rings. The molecule has 4 heteroatoms. The van der Waals surface area contributed by atoms with Crippen LogP contribution in [0.3, 0.4) is 0 Å². The second kappa shape index (κ2) is 8.99. The first kappa shape index (κ1) is 17.9. The van der Waals surface area contributed by atoms with Gasteiger partial charge in [-0.25, -0.2) is 0 Å². The minimum Gasteiger partial charge on any atom is -0.326 e. The summed E-state index contributed by atoms with van der Waals surface area (Å²) in [7, 11) is 0. The number of nitrogens with zero attached hydrogens (tertiary/aromatic N) is 1. The van der Waals surface area contributed by atoms with Crippen LogP contribution >= 0.6 is 0 Å². The van der Waals surface area contributed by atoms with E-state index >= 15 is 0 Å². The molecule has 0 aliphatic rings. The molecule has 1 amide bonds. The second-order valence-corrected chi connectivity index (χ2v) is 5.79. The Kier molecular flexibility index (Phi) is 6.70. The molecule has 0 aliphatic heterocycles. The standard InChI is InChI=1S/C20H24N2O2/c1-3-22(15-17-8-5-4-6-9-17)13-12-20(24)21-19-11-7-10-18(14-19)16(2)23/h4-11,14H,3,12-13,15H2,1-2H3,(H,21,24). The minimum absolute atomic E-state index is 0.00822. The Morgan fingerprint density at radius 2 is 1.79 bits per heavy atom. The molecular formula is C20H24N2O2. The molecule has 0 spiro atoms. The normalized spacial score (nSPS) is 10.6. The molecule has 0 bridgehead atoms. The van der Waals surface area contributed by atoms with E-state index in [1.807, 2.05) is 18.2 Å². The molecular weight excluding hydrogens is 300 g/mol. The highest BCUT2D eigenvalue weighted by Crippen LogP contribution is 2.12. The van der Waals surface area contributed by atoms with Gasteiger partial charge in [0, 0.05) is 30.8 Å². The van der Waals surface area contributed by atoms with Gasteiger partial charge < -0.3 is 5.32 Å². The predicted molar refractivity (Wildman–Crippen MR) is 97.1 cm³/mol. The van der Waals surface area contributed by atoms with Gasteiger partial charge in [0.15, 0.2) is 5.78 Å². The van der Waals surface area contributed by atoms with E-state index in [1.54, 1.807) is 24.3 Å². The summed E-state index contributed by atoms with van der Waals surface area (Å²) in [6, 6.07) is 17.3. The van der Waals surface area contributed by atoms with Crippen LogP contribution < -0.4 is 5.32 Å². The van der Waals surface area contributed by atoms with Crippen molar-refractivity contribution in [2.24, 2.45) is 0 Å². The van der Waals surface area contributed by atoms with Crippen molar-refractivity contribution in [2.75, 3.05) is 18.4 Å². The van der Waals surface area contributed by atoms with Crippen molar-refractivity contribution < 1.29 is 9.59 Å². The van der Waals surface area contributed by atoms with Gasteiger partial charge in [0.05, 0.1) is 0 Å². The minimum atomic E-state index is -0.0396. The van der Waals surface area contributed by atoms with Crippen molar-refractivity contribution in [1.82, 2.24) is 4.90 Å². The number of carbonyl (C=O) groups is 2. The lowest BCUT2D eigenvalue weighted by atomic mass is 10.1. The summed E-state index contributed by atoms with van der Waals surface area (Å²) < 4.78 is 0. The fourth-order valence-electron chi connectivity index (χ4n) is 2.49. The number of Topliss-reactive ketones (excluding diaryl/α,β-unsaturated/α-hetero) is 1. The molecule has 2 rings (SSSR count). The molecule has 0 saturated carbocycles. The van der Waals surface area contributed by atoms with E-state index in [4.69, 9.17) is 0 Å². The number of carbonyl (C=O) groups excluding carboxylic acids is 2. The highest BCUT2D eigenvalue weighted by atomic mass is 16.1. The van der Waals surface area contributed by atoms with Gasteiger partial charge in [0.25, 0.3) is 0 Å². The van der Waals surface area contributed by atoms with Crippen molar-refractivity contribution in [1.29, 1.82) is 0 Å². The van der Waals surface area contributed by atoms with E-state index in [-0.39, 0.29) is 11.7 Å². The van der Waals surface area contributed by atoms with E-state index < -0.39 is 0 Å². The predicted octanol–water partition coefficient (Wildman–Crippen LogP) is 3.74. The van der Waals surface area contributed by atoms with Gasteiger partial charge in [0.1, 0.15) is 0 Å². The number of benzene rings is 2. The number of amides is 1. The third kappa shape index (κ3) is 5.63. The summed E-state index contributed by atoms with van der Waals surface area (Å²) in [5.41, 5.74) is 2.51. The third-order valence-corrected chi connectivity index (χ3v) is 3.90. The van der Waals surface area contributed by atoms with Crippen LogP contribution in [-0.2, 0) is 11.3 Å². The fraction of sp³-hybridized carbons (Fsp3) is 0.300. The van der Waals surface area contributed by atoms with E-state index in [9.17, 15) is 9.59 Å². The summed E-state index contributed by atoms with van der Waals surface area (Å²) in [5.74, 6) is -0.0478. The Bertz CT molecular complexity index is 683. The first-order chi connectivity index (χ1) is 11.6. The summed E-state index contributed by atoms with van der Waals surface area (Å²) in [4.78, 5) is 25.8. The number of anilines is 1. The lowest BCUT2D eigenvalue weighted by molar-refractivity contribution is -0.116. The Hall–Kier alpha value is -2.46. The molecule has 0 aliphatic carbocycles. The molecule has 1 N–H and O–H groups in total. The fourth-order valence-corrected chi connectivity index (χ4v) is 2.49. The molecule has 0 atom stereocenters. The maximum Gasteiger partial charge on any atom is 0.225 e. The highest BCUT2D eigenvalue weighted by Gasteiger charge is 2.09. The van der Waals surface area contributed by atoms with Gasteiger partial charge in [0.2, 0.25) is 5.91 Å². The van der Waals surface area contributed by atoms with Crippen LogP contribution in [0.4, 0.5) is 5.69 Å². The maximum atomic E-state index is 12.1. The summed E-state index contributed by atoms with van der Waals surface area (Å²) in [5, 5.41) is 2.86. The number of rotatable bonds is 8. The van der Waals surface area contributed by atoms with Gasteiger partial charge in [-0.05, 0) is 31.2 Å². The Morgan fingerprint density at radius 1 is 1.04 bits per heavy atom. The van der Waals surface area contributed by atoms with Gasteiger partial charge in [-0.15, -0.1) is 0 Å². The maximum absolute atomic E-state index is 12.1. The van der Waals surface area contributed by atoms with Crippen LogP contribution in [0.1, 0.15) is 36.2 Å². The van der Waals surface area contributed by atoms with E-state index in [1.165, 1.54) is 12.5 Å². The van der Waals surface area contributed by atoms with E-state index in [0.29, 0.717) is 24.2 Å². The lowest BCUT2D eigenvalue weighted by Gasteiger charge is -2.20. The summed E-state index contributed by atoms with van der Waals surface area (Å²) in [6.45, 7) is 6.04. The van der Waals surface area contributed by atoms with Crippen LogP contribution in [0.15, 0.2) is 54.6 Å². The van der Waals surface area contributed by atoms with Crippen LogP contribution in [0.5, 0.6) is 0 Å². The smallest absolute Gasteiger partial charge is 0.225 e. The van der Waals surface area contributed by atoms with Crippen LogP contribution in [0.2, 0.25) is 0 Å². The first-order valence-electron chi connectivity index (χ1n) is 8.25. The van der Waals surface area contributed by atoms with E-state index in [0.717, 1.165) is 13.1 Å². The lowest BCUT2D eigenvalue weighted by Crippen LogP contribution is -2.27. The molecule has 0 saturated heterocycles. The van der Waals surface area contributed by atoms with Gasteiger partial charge in [-0.1, -0.05) is 49.4 Å². The zero-order valence-electron chi connectivity index (χ0n) is 14.3. The van der Waals surface area contributed by atoms with Gasteiger partial charge in [-0.2, -0.15) is 0 Å². The molecule has 0 aromatic heterocycles. The number of hydrogen-bond donors (Lipinski definition) is 1. The summed E-state index contributed by atoms with van der Waals surface area (Å²) >= 11 is 0. The molecule has 2 aromatic carbocycles. The topological polar surface area (TPSA) is 49.4 Å².